The normalized spacial score (nSPS) is 42.9. The third-order valence-electron chi connectivity index (χ3n) is 5.12. The van der Waals surface area contributed by atoms with E-state index in [1.807, 2.05) is 6.92 Å². The number of hydrogen-bond acceptors (Lipinski definition) is 3. The largest absolute Gasteiger partial charge is 0.389 e. The molecule has 0 saturated heterocycles. The highest BCUT2D eigenvalue weighted by Gasteiger charge is 2.66. The van der Waals surface area contributed by atoms with Crippen LogP contribution >= 0.6 is 0 Å². The molecular formula is C14H18O3. The number of hydrogen-bond donors (Lipinski definition) is 2. The van der Waals surface area contributed by atoms with Gasteiger partial charge in [-0.3, -0.25) is 4.79 Å². The van der Waals surface area contributed by atoms with Crippen LogP contribution < -0.4 is 0 Å². The van der Waals surface area contributed by atoms with Crippen LogP contribution in [0.1, 0.15) is 33.6 Å². The van der Waals surface area contributed by atoms with Crippen LogP contribution in [0.3, 0.4) is 0 Å². The summed E-state index contributed by atoms with van der Waals surface area (Å²) >= 11 is 0. The maximum absolute atomic E-state index is 12.1. The number of rotatable bonds is 0. The fraction of sp³-hybridized carbons (Fsp3) is 0.643. The molecule has 0 aromatic carbocycles. The van der Waals surface area contributed by atoms with E-state index in [4.69, 9.17) is 0 Å². The molecule has 3 aliphatic rings. The average molecular weight is 234 g/mol. The number of ketones is 1. The summed E-state index contributed by atoms with van der Waals surface area (Å²) in [5.41, 5.74) is 0.950. The second-order valence-corrected chi connectivity index (χ2v) is 5.92. The topological polar surface area (TPSA) is 57.5 Å². The van der Waals surface area contributed by atoms with Crippen molar-refractivity contribution in [1.82, 2.24) is 0 Å². The van der Waals surface area contributed by atoms with Crippen molar-refractivity contribution in [3.05, 3.63) is 22.8 Å². The monoisotopic (exact) mass is 234 g/mol. The molecule has 0 aromatic rings. The fourth-order valence-corrected chi connectivity index (χ4v) is 3.74. The first kappa shape index (κ1) is 11.2. The standard InChI is InChI=1S/C14H18O3/c1-7-6-9-10(11(7)15)8(2)14(4-5-14)13(3,17)12(9)16/h6,9,12,16-17H,4-5H2,1-3H3/t9?,12-,13+/m1/s1. The summed E-state index contributed by atoms with van der Waals surface area (Å²) in [6.45, 7) is 5.43. The maximum atomic E-state index is 12.1. The summed E-state index contributed by atoms with van der Waals surface area (Å²) in [6.07, 6.45) is 2.66. The number of aliphatic hydroxyl groups is 2. The molecule has 1 unspecified atom stereocenters. The van der Waals surface area contributed by atoms with E-state index >= 15 is 0 Å². The van der Waals surface area contributed by atoms with Crippen LogP contribution in [0.2, 0.25) is 0 Å². The highest BCUT2D eigenvalue weighted by molar-refractivity contribution is 6.12. The van der Waals surface area contributed by atoms with Gasteiger partial charge in [-0.2, -0.15) is 0 Å². The van der Waals surface area contributed by atoms with Crippen LogP contribution in [-0.2, 0) is 4.79 Å². The number of aliphatic hydroxyl groups excluding tert-OH is 1. The number of allylic oxidation sites excluding steroid dienone is 1. The number of carbonyl (C=O) groups is 1. The molecule has 3 atom stereocenters. The minimum Gasteiger partial charge on any atom is -0.389 e. The lowest BCUT2D eigenvalue weighted by Crippen LogP contribution is -2.55. The molecule has 2 N–H and O–H groups in total. The Balaban J connectivity index is 2.22. The first-order valence-electron chi connectivity index (χ1n) is 6.18. The summed E-state index contributed by atoms with van der Waals surface area (Å²) in [6, 6.07) is 0. The van der Waals surface area contributed by atoms with Crippen molar-refractivity contribution in [2.45, 2.75) is 45.3 Å². The first-order chi connectivity index (χ1) is 7.83. The zero-order valence-electron chi connectivity index (χ0n) is 10.4. The molecule has 3 rings (SSSR count). The van der Waals surface area contributed by atoms with Gasteiger partial charge >= 0.3 is 0 Å². The Bertz CT molecular complexity index is 478. The zero-order valence-corrected chi connectivity index (χ0v) is 10.4. The molecule has 0 aromatic heterocycles. The lowest BCUT2D eigenvalue weighted by atomic mass is 9.65. The third-order valence-corrected chi connectivity index (χ3v) is 5.12. The second kappa shape index (κ2) is 2.90. The van der Waals surface area contributed by atoms with Crippen LogP contribution in [0.25, 0.3) is 0 Å². The van der Waals surface area contributed by atoms with Gasteiger partial charge in [-0.05, 0) is 39.2 Å². The van der Waals surface area contributed by atoms with Crippen molar-refractivity contribution >= 4 is 5.78 Å². The molecular weight excluding hydrogens is 216 g/mol. The Morgan fingerprint density at radius 2 is 1.94 bits per heavy atom. The van der Waals surface area contributed by atoms with Crippen molar-refractivity contribution < 1.29 is 15.0 Å². The molecule has 3 aliphatic carbocycles. The van der Waals surface area contributed by atoms with E-state index in [1.165, 1.54) is 0 Å². The summed E-state index contributed by atoms with van der Waals surface area (Å²) in [7, 11) is 0. The smallest absolute Gasteiger partial charge is 0.185 e. The van der Waals surface area contributed by atoms with Crippen molar-refractivity contribution in [2.24, 2.45) is 11.3 Å². The number of carbonyl (C=O) groups excluding carboxylic acids is 1. The minimum absolute atomic E-state index is 0.0494. The number of fused-ring (bicyclic) bond motifs is 1. The highest BCUT2D eigenvalue weighted by atomic mass is 16.3. The third kappa shape index (κ3) is 1.07. The van der Waals surface area contributed by atoms with E-state index < -0.39 is 11.7 Å². The fourth-order valence-electron chi connectivity index (χ4n) is 3.74. The molecule has 0 aliphatic heterocycles. The highest BCUT2D eigenvalue weighted by Crippen LogP contribution is 2.65. The predicted octanol–water partition coefficient (Wildman–Crippen LogP) is 1.35. The van der Waals surface area contributed by atoms with Gasteiger partial charge < -0.3 is 10.2 Å². The minimum atomic E-state index is -1.12. The van der Waals surface area contributed by atoms with Crippen molar-refractivity contribution in [1.29, 1.82) is 0 Å². The molecule has 0 amide bonds. The molecule has 0 heterocycles. The van der Waals surface area contributed by atoms with Crippen LogP contribution in [-0.4, -0.2) is 27.7 Å². The van der Waals surface area contributed by atoms with E-state index in [0.717, 1.165) is 24.0 Å². The molecule has 0 bridgehead atoms. The maximum Gasteiger partial charge on any atom is 0.185 e. The summed E-state index contributed by atoms with van der Waals surface area (Å²) in [4.78, 5) is 12.1. The lowest BCUT2D eigenvalue weighted by molar-refractivity contribution is -0.125. The molecule has 17 heavy (non-hydrogen) atoms. The van der Waals surface area contributed by atoms with Crippen LogP contribution in [0.15, 0.2) is 22.8 Å². The van der Waals surface area contributed by atoms with Gasteiger partial charge in [0.05, 0.1) is 11.7 Å². The molecule has 92 valence electrons. The average Bonchev–Trinajstić information content (AvgIpc) is 3.01. The van der Waals surface area contributed by atoms with Gasteiger partial charge in [0.1, 0.15) is 0 Å². The predicted molar refractivity (Wildman–Crippen MR) is 63.3 cm³/mol. The summed E-state index contributed by atoms with van der Waals surface area (Å²) < 4.78 is 0. The van der Waals surface area contributed by atoms with Gasteiger partial charge in [0, 0.05) is 16.9 Å². The molecule has 1 spiro atoms. The van der Waals surface area contributed by atoms with Gasteiger partial charge in [0.25, 0.3) is 0 Å². The Hall–Kier alpha value is -0.930. The SMILES string of the molecule is CC1=CC2C(=C(C)C3(CC3)[C@@](C)(O)[C@@H]2O)C1=O. The lowest BCUT2D eigenvalue weighted by Gasteiger charge is -2.45. The van der Waals surface area contributed by atoms with Crippen molar-refractivity contribution in [3.8, 4) is 0 Å². The van der Waals surface area contributed by atoms with Crippen molar-refractivity contribution in [3.63, 3.8) is 0 Å². The van der Waals surface area contributed by atoms with E-state index in [0.29, 0.717) is 5.57 Å². The Kier molecular flexibility index (Phi) is 1.91. The van der Waals surface area contributed by atoms with E-state index in [-0.39, 0.29) is 17.1 Å². The Morgan fingerprint density at radius 1 is 1.35 bits per heavy atom. The van der Waals surface area contributed by atoms with Crippen LogP contribution in [0, 0.1) is 11.3 Å². The van der Waals surface area contributed by atoms with Crippen LogP contribution in [0.5, 0.6) is 0 Å². The zero-order chi connectivity index (χ0) is 12.6. The van der Waals surface area contributed by atoms with Gasteiger partial charge in [-0.1, -0.05) is 11.6 Å². The second-order valence-electron chi connectivity index (χ2n) is 5.92. The molecule has 0 radical (unpaired) electrons. The Morgan fingerprint density at radius 3 is 2.47 bits per heavy atom. The van der Waals surface area contributed by atoms with Gasteiger partial charge in [0.2, 0.25) is 0 Å². The summed E-state index contributed by atoms with van der Waals surface area (Å²) in [5, 5.41) is 21.0. The number of Topliss-reactive ketones (excluding diaryl/α,β-unsaturated/α-hetero) is 1. The van der Waals surface area contributed by atoms with Gasteiger partial charge in [-0.15, -0.1) is 0 Å². The molecule has 3 heteroatoms. The quantitative estimate of drug-likeness (QED) is 0.665. The Labute approximate surface area is 101 Å². The van der Waals surface area contributed by atoms with E-state index in [2.05, 4.69) is 0 Å². The molecule has 1 saturated carbocycles. The molecule has 1 fully saturated rings. The summed E-state index contributed by atoms with van der Waals surface area (Å²) in [5.74, 6) is -0.267. The van der Waals surface area contributed by atoms with Gasteiger partial charge in [-0.25, -0.2) is 0 Å². The van der Waals surface area contributed by atoms with Crippen molar-refractivity contribution in [2.75, 3.05) is 0 Å². The van der Waals surface area contributed by atoms with E-state index in [9.17, 15) is 15.0 Å². The molecule has 3 nitrogen and oxygen atoms in total. The van der Waals surface area contributed by atoms with E-state index in [1.54, 1.807) is 19.9 Å². The van der Waals surface area contributed by atoms with Crippen LogP contribution in [0.4, 0.5) is 0 Å². The first-order valence-corrected chi connectivity index (χ1v) is 6.18. The van der Waals surface area contributed by atoms with Gasteiger partial charge in [0.15, 0.2) is 5.78 Å².